The van der Waals surface area contributed by atoms with E-state index in [9.17, 15) is 0 Å². The fraction of sp³-hybridized carbons (Fsp3) is 0.167. The number of aromatic nitrogens is 4. The van der Waals surface area contributed by atoms with Crippen LogP contribution in [-0.4, -0.2) is 20.4 Å². The van der Waals surface area contributed by atoms with Crippen LogP contribution in [0.25, 0.3) is 22.9 Å². The molecule has 0 bridgehead atoms. The third kappa shape index (κ3) is 3.90. The Labute approximate surface area is 164 Å². The van der Waals surface area contributed by atoms with Gasteiger partial charge in [0.1, 0.15) is 0 Å². The first-order chi connectivity index (χ1) is 11.1. The predicted octanol–water partition coefficient (Wildman–Crippen LogP) is 5.44. The summed E-state index contributed by atoms with van der Waals surface area (Å²) in [6.45, 7) is 0. The molecule has 3 rings (SSSR count). The van der Waals surface area contributed by atoms with Crippen molar-refractivity contribution in [1.29, 1.82) is 0 Å². The number of halogens is 6. The average Bonchev–Trinajstić information content (AvgIpc) is 3.16. The summed E-state index contributed by atoms with van der Waals surface area (Å²) >= 11 is 34.1. The van der Waals surface area contributed by atoms with Crippen LogP contribution in [0.3, 0.4) is 0 Å². The van der Waals surface area contributed by atoms with Crippen molar-refractivity contribution in [3.63, 3.8) is 0 Å². The Balaban J connectivity index is 1.86. The van der Waals surface area contributed by atoms with E-state index in [0.29, 0.717) is 11.1 Å². The zero-order valence-corrected chi connectivity index (χ0v) is 15.7. The van der Waals surface area contributed by atoms with Crippen LogP contribution >= 0.6 is 69.6 Å². The molecule has 0 atom stereocenters. The van der Waals surface area contributed by atoms with Crippen LogP contribution in [0, 0.1) is 0 Å². The topological polar surface area (TPSA) is 77.8 Å². The molecule has 0 radical (unpaired) electrons. The van der Waals surface area contributed by atoms with E-state index in [1.54, 1.807) is 24.3 Å². The van der Waals surface area contributed by atoms with E-state index < -0.39 is 7.59 Å². The van der Waals surface area contributed by atoms with Crippen molar-refractivity contribution in [3.05, 3.63) is 36.0 Å². The van der Waals surface area contributed by atoms with Gasteiger partial charge < -0.3 is 8.83 Å². The third-order valence-corrected chi connectivity index (χ3v) is 3.68. The molecule has 0 saturated heterocycles. The Morgan fingerprint density at radius 2 is 0.917 bits per heavy atom. The highest BCUT2D eigenvalue weighted by Gasteiger charge is 2.31. The van der Waals surface area contributed by atoms with Gasteiger partial charge in [-0.25, -0.2) is 0 Å². The lowest BCUT2D eigenvalue weighted by Crippen LogP contribution is -1.99. The van der Waals surface area contributed by atoms with Gasteiger partial charge in [0.25, 0.3) is 19.4 Å². The van der Waals surface area contributed by atoms with Crippen molar-refractivity contribution in [2.45, 2.75) is 7.59 Å². The smallest absolute Gasteiger partial charge is 0.268 e. The van der Waals surface area contributed by atoms with Crippen molar-refractivity contribution >= 4 is 69.6 Å². The molecular weight excluding hydrogens is 445 g/mol. The molecular formula is C12H4Cl6N4O2. The van der Waals surface area contributed by atoms with Gasteiger partial charge in [-0.15, -0.1) is 20.4 Å². The van der Waals surface area contributed by atoms with E-state index in [1.807, 2.05) is 0 Å². The largest absolute Gasteiger partial charge is 0.416 e. The lowest BCUT2D eigenvalue weighted by molar-refractivity contribution is 0.513. The molecule has 6 nitrogen and oxygen atoms in total. The summed E-state index contributed by atoms with van der Waals surface area (Å²) in [5.74, 6) is 0.123. The second-order valence-corrected chi connectivity index (χ2v) is 8.96. The van der Waals surface area contributed by atoms with Crippen molar-refractivity contribution < 1.29 is 8.83 Å². The van der Waals surface area contributed by atoms with Gasteiger partial charge in [0.15, 0.2) is 0 Å². The minimum atomic E-state index is -1.79. The molecule has 0 fully saturated rings. The highest BCUT2D eigenvalue weighted by Crippen LogP contribution is 2.39. The Bertz CT molecular complexity index is 778. The summed E-state index contributed by atoms with van der Waals surface area (Å²) < 4.78 is 7.04. The maximum Gasteiger partial charge on any atom is 0.268 e. The van der Waals surface area contributed by atoms with Gasteiger partial charge in [-0.2, -0.15) is 0 Å². The Hall–Kier alpha value is -0.760. The lowest BCUT2D eigenvalue weighted by atomic mass is 10.1. The molecule has 3 aromatic rings. The Morgan fingerprint density at radius 1 is 0.583 bits per heavy atom. The van der Waals surface area contributed by atoms with Crippen LogP contribution in [0.4, 0.5) is 0 Å². The van der Waals surface area contributed by atoms with Crippen LogP contribution in [0.5, 0.6) is 0 Å². The fourth-order valence-corrected chi connectivity index (χ4v) is 2.12. The summed E-state index contributed by atoms with van der Waals surface area (Å²) in [5.41, 5.74) is 1.21. The third-order valence-electron chi connectivity index (χ3n) is 2.71. The van der Waals surface area contributed by atoms with Gasteiger partial charge in [0.2, 0.25) is 11.8 Å². The van der Waals surface area contributed by atoms with Gasteiger partial charge in [-0.3, -0.25) is 0 Å². The molecule has 2 heterocycles. The Kier molecular flexibility index (Phi) is 4.90. The molecule has 0 aliphatic rings. The molecule has 0 spiro atoms. The maximum atomic E-state index is 5.68. The quantitative estimate of drug-likeness (QED) is 0.486. The van der Waals surface area contributed by atoms with Crippen LogP contribution in [0.15, 0.2) is 33.1 Å². The number of nitrogens with zero attached hydrogens (tertiary/aromatic N) is 4. The summed E-state index contributed by atoms with van der Waals surface area (Å²) in [6.07, 6.45) is 0. The second kappa shape index (κ2) is 6.52. The summed E-state index contributed by atoms with van der Waals surface area (Å²) in [4.78, 5) is 0. The van der Waals surface area contributed by atoms with E-state index >= 15 is 0 Å². The molecule has 1 aromatic carbocycles. The predicted molar refractivity (Wildman–Crippen MR) is 91.5 cm³/mol. The first-order valence-electron chi connectivity index (χ1n) is 6.07. The standard InChI is InChI=1S/C12H4Cl6N4O2/c13-11(14,15)9-21-19-7(23-9)5-1-2-6(4-3-5)8-20-22-10(24-8)12(16,17)18/h1-4H. The van der Waals surface area contributed by atoms with Crippen molar-refractivity contribution in [2.24, 2.45) is 0 Å². The molecule has 24 heavy (non-hydrogen) atoms. The van der Waals surface area contributed by atoms with Crippen molar-refractivity contribution in [3.8, 4) is 22.9 Å². The average molecular weight is 449 g/mol. The van der Waals surface area contributed by atoms with E-state index in [2.05, 4.69) is 20.4 Å². The number of rotatable bonds is 2. The molecule has 126 valence electrons. The van der Waals surface area contributed by atoms with Gasteiger partial charge >= 0.3 is 0 Å². The number of benzene rings is 1. The second-order valence-electron chi connectivity index (χ2n) is 4.40. The maximum absolute atomic E-state index is 5.68. The molecule has 0 amide bonds. The van der Waals surface area contributed by atoms with Crippen LogP contribution < -0.4 is 0 Å². The first kappa shape index (κ1) is 18.0. The zero-order chi connectivity index (χ0) is 17.5. The van der Waals surface area contributed by atoms with Gasteiger partial charge in [-0.05, 0) is 24.3 Å². The lowest BCUT2D eigenvalue weighted by Gasteiger charge is -2.03. The van der Waals surface area contributed by atoms with E-state index in [4.69, 9.17) is 78.4 Å². The van der Waals surface area contributed by atoms with Crippen LogP contribution in [0.2, 0.25) is 0 Å². The fourth-order valence-electron chi connectivity index (χ4n) is 1.66. The highest BCUT2D eigenvalue weighted by molar-refractivity contribution is 6.66. The molecule has 12 heteroatoms. The number of alkyl halides is 6. The minimum absolute atomic E-state index is 0.129. The molecule has 0 aliphatic heterocycles. The van der Waals surface area contributed by atoms with Gasteiger partial charge in [0, 0.05) is 11.1 Å². The number of hydrogen-bond acceptors (Lipinski definition) is 6. The summed E-state index contributed by atoms with van der Waals surface area (Å²) in [5, 5.41) is 15.0. The summed E-state index contributed by atoms with van der Waals surface area (Å²) in [6, 6.07) is 6.74. The monoisotopic (exact) mass is 446 g/mol. The highest BCUT2D eigenvalue weighted by atomic mass is 35.6. The first-order valence-corrected chi connectivity index (χ1v) is 8.33. The zero-order valence-electron chi connectivity index (χ0n) is 11.2. The Morgan fingerprint density at radius 3 is 1.17 bits per heavy atom. The van der Waals surface area contributed by atoms with Crippen molar-refractivity contribution in [2.75, 3.05) is 0 Å². The van der Waals surface area contributed by atoms with Gasteiger partial charge in [-0.1, -0.05) is 69.6 Å². The van der Waals surface area contributed by atoms with Gasteiger partial charge in [0.05, 0.1) is 0 Å². The minimum Gasteiger partial charge on any atom is -0.416 e. The van der Waals surface area contributed by atoms with E-state index in [1.165, 1.54) is 0 Å². The van der Waals surface area contributed by atoms with E-state index in [-0.39, 0.29) is 23.6 Å². The SMILES string of the molecule is ClC(Cl)(Cl)c1nnc(-c2ccc(-c3nnc(C(Cl)(Cl)Cl)o3)cc2)o1. The normalized spacial score (nSPS) is 12.6. The van der Waals surface area contributed by atoms with Crippen molar-refractivity contribution in [1.82, 2.24) is 20.4 Å². The molecule has 0 saturated carbocycles. The van der Waals surface area contributed by atoms with Crippen LogP contribution in [-0.2, 0) is 7.59 Å². The molecule has 0 aliphatic carbocycles. The molecule has 0 N–H and O–H groups in total. The molecule has 0 unspecified atom stereocenters. The van der Waals surface area contributed by atoms with Crippen LogP contribution in [0.1, 0.15) is 11.8 Å². The summed E-state index contributed by atoms with van der Waals surface area (Å²) in [7, 11) is 0. The molecule has 2 aromatic heterocycles. The van der Waals surface area contributed by atoms with E-state index in [0.717, 1.165) is 0 Å². The number of hydrogen-bond donors (Lipinski definition) is 0.